The number of hydrogen-bond donors (Lipinski definition) is 1. The van der Waals surface area contributed by atoms with Gasteiger partial charge in [-0.2, -0.15) is 4.31 Å². The number of benzene rings is 2. The van der Waals surface area contributed by atoms with Crippen LogP contribution in [-0.4, -0.2) is 45.9 Å². The first-order chi connectivity index (χ1) is 13.3. The van der Waals surface area contributed by atoms with Crippen molar-refractivity contribution in [3.63, 3.8) is 0 Å². The molecular weight excluding hydrogens is 448 g/mol. The molecular formula is C19H23BrN2O5S. The van der Waals surface area contributed by atoms with E-state index in [1.165, 1.54) is 30.7 Å². The lowest BCUT2D eigenvalue weighted by atomic mass is 10.2. The number of sulfonamides is 1. The van der Waals surface area contributed by atoms with Crippen molar-refractivity contribution < 1.29 is 22.7 Å². The molecule has 28 heavy (non-hydrogen) atoms. The van der Waals surface area contributed by atoms with E-state index in [4.69, 9.17) is 9.47 Å². The van der Waals surface area contributed by atoms with Gasteiger partial charge in [0.2, 0.25) is 10.0 Å². The van der Waals surface area contributed by atoms with E-state index in [0.29, 0.717) is 34.7 Å². The SMILES string of the molecule is CCN(CC)S(=O)(=O)c1ccc(Br)c(C(=O)Nc2ccc(OC)cc2OC)c1. The number of carbonyl (C=O) groups excluding carboxylic acids is 1. The van der Waals surface area contributed by atoms with Crippen LogP contribution in [0, 0.1) is 0 Å². The molecule has 0 bridgehead atoms. The van der Waals surface area contributed by atoms with E-state index in [1.54, 1.807) is 38.1 Å². The van der Waals surface area contributed by atoms with E-state index in [-0.39, 0.29) is 10.5 Å². The van der Waals surface area contributed by atoms with Crippen molar-refractivity contribution in [2.45, 2.75) is 18.7 Å². The largest absolute Gasteiger partial charge is 0.497 e. The van der Waals surface area contributed by atoms with Crippen molar-refractivity contribution in [2.75, 3.05) is 32.6 Å². The van der Waals surface area contributed by atoms with Crippen molar-refractivity contribution >= 4 is 37.5 Å². The maximum absolute atomic E-state index is 12.8. The van der Waals surface area contributed by atoms with Crippen molar-refractivity contribution in [1.82, 2.24) is 4.31 Å². The van der Waals surface area contributed by atoms with Gasteiger partial charge in [0, 0.05) is 23.6 Å². The molecule has 0 atom stereocenters. The van der Waals surface area contributed by atoms with Crippen LogP contribution in [0.25, 0.3) is 0 Å². The maximum atomic E-state index is 12.8. The summed E-state index contributed by atoms with van der Waals surface area (Å²) in [4.78, 5) is 12.9. The molecule has 0 aliphatic heterocycles. The molecule has 0 aromatic heterocycles. The Morgan fingerprint density at radius 3 is 2.32 bits per heavy atom. The highest BCUT2D eigenvalue weighted by Gasteiger charge is 2.24. The standard InChI is InChI=1S/C19H23BrN2O5S/c1-5-22(6-2)28(24,25)14-8-9-16(20)15(12-14)19(23)21-17-10-7-13(26-3)11-18(17)27-4/h7-12H,5-6H2,1-4H3,(H,21,23). The molecule has 0 heterocycles. The zero-order chi connectivity index (χ0) is 20.9. The highest BCUT2D eigenvalue weighted by Crippen LogP contribution is 2.30. The molecule has 2 aromatic rings. The molecule has 2 aromatic carbocycles. The topological polar surface area (TPSA) is 84.9 Å². The fourth-order valence-corrected chi connectivity index (χ4v) is 4.55. The summed E-state index contributed by atoms with van der Waals surface area (Å²) in [6, 6.07) is 9.38. The smallest absolute Gasteiger partial charge is 0.256 e. The van der Waals surface area contributed by atoms with Gasteiger partial charge < -0.3 is 14.8 Å². The lowest BCUT2D eigenvalue weighted by Gasteiger charge is -2.19. The van der Waals surface area contributed by atoms with Crippen LogP contribution in [0.2, 0.25) is 0 Å². The van der Waals surface area contributed by atoms with Crippen LogP contribution < -0.4 is 14.8 Å². The fourth-order valence-electron chi connectivity index (χ4n) is 2.64. The fraction of sp³-hybridized carbons (Fsp3) is 0.316. The number of ether oxygens (including phenoxy) is 2. The second-order valence-corrected chi connectivity index (χ2v) is 8.54. The van der Waals surface area contributed by atoms with Crippen LogP contribution in [0.4, 0.5) is 5.69 Å². The molecule has 1 amide bonds. The normalized spacial score (nSPS) is 11.4. The summed E-state index contributed by atoms with van der Waals surface area (Å²) in [5.41, 5.74) is 0.642. The minimum Gasteiger partial charge on any atom is -0.497 e. The molecule has 0 saturated heterocycles. The summed E-state index contributed by atoms with van der Waals surface area (Å²) in [5, 5.41) is 2.75. The molecule has 0 fully saturated rings. The number of halogens is 1. The number of methoxy groups -OCH3 is 2. The van der Waals surface area contributed by atoms with Gasteiger partial charge in [-0.3, -0.25) is 4.79 Å². The predicted molar refractivity (Wildman–Crippen MR) is 112 cm³/mol. The lowest BCUT2D eigenvalue weighted by Crippen LogP contribution is -2.30. The van der Waals surface area contributed by atoms with Crippen molar-refractivity contribution in [2.24, 2.45) is 0 Å². The first-order valence-electron chi connectivity index (χ1n) is 8.61. The van der Waals surface area contributed by atoms with Gasteiger partial charge in [-0.1, -0.05) is 13.8 Å². The van der Waals surface area contributed by atoms with E-state index in [0.717, 1.165) is 0 Å². The molecule has 7 nitrogen and oxygen atoms in total. The van der Waals surface area contributed by atoms with Gasteiger partial charge in [0.25, 0.3) is 5.91 Å². The Bertz CT molecular complexity index is 959. The monoisotopic (exact) mass is 470 g/mol. The van der Waals surface area contributed by atoms with Crippen LogP contribution in [-0.2, 0) is 10.0 Å². The number of nitrogens with zero attached hydrogens (tertiary/aromatic N) is 1. The highest BCUT2D eigenvalue weighted by molar-refractivity contribution is 9.10. The predicted octanol–water partition coefficient (Wildman–Crippen LogP) is 3.75. The molecule has 9 heteroatoms. The van der Waals surface area contributed by atoms with E-state index < -0.39 is 15.9 Å². The Kier molecular flexibility index (Phi) is 7.45. The second kappa shape index (κ2) is 9.40. The number of carbonyl (C=O) groups is 1. The average molecular weight is 471 g/mol. The number of hydrogen-bond acceptors (Lipinski definition) is 5. The van der Waals surface area contributed by atoms with Gasteiger partial charge in [0.15, 0.2) is 0 Å². The summed E-state index contributed by atoms with van der Waals surface area (Å²) in [6.07, 6.45) is 0. The molecule has 1 N–H and O–H groups in total. The molecule has 0 aliphatic rings. The van der Waals surface area contributed by atoms with Crippen LogP contribution in [0.5, 0.6) is 11.5 Å². The number of nitrogens with one attached hydrogen (secondary N) is 1. The Morgan fingerprint density at radius 2 is 1.75 bits per heavy atom. The van der Waals surface area contributed by atoms with Crippen LogP contribution in [0.15, 0.2) is 45.8 Å². The van der Waals surface area contributed by atoms with Crippen molar-refractivity contribution in [3.8, 4) is 11.5 Å². The minimum absolute atomic E-state index is 0.0613. The Balaban J connectivity index is 2.39. The third-order valence-electron chi connectivity index (χ3n) is 4.18. The van der Waals surface area contributed by atoms with Gasteiger partial charge in [-0.25, -0.2) is 8.42 Å². The molecule has 0 radical (unpaired) electrons. The van der Waals surface area contributed by atoms with Gasteiger partial charge in [0.1, 0.15) is 11.5 Å². The number of anilines is 1. The van der Waals surface area contributed by atoms with Crippen LogP contribution in [0.1, 0.15) is 24.2 Å². The lowest BCUT2D eigenvalue weighted by molar-refractivity contribution is 0.102. The first-order valence-corrected chi connectivity index (χ1v) is 10.8. The van der Waals surface area contributed by atoms with E-state index in [9.17, 15) is 13.2 Å². The molecule has 152 valence electrons. The molecule has 0 spiro atoms. The van der Waals surface area contributed by atoms with Crippen LogP contribution in [0.3, 0.4) is 0 Å². The Hall–Kier alpha value is -2.10. The maximum Gasteiger partial charge on any atom is 0.256 e. The van der Waals surface area contributed by atoms with Crippen LogP contribution >= 0.6 is 15.9 Å². The molecule has 0 aliphatic carbocycles. The van der Waals surface area contributed by atoms with Gasteiger partial charge in [0.05, 0.1) is 30.4 Å². The summed E-state index contributed by atoms with van der Waals surface area (Å²) in [5.74, 6) is 0.547. The zero-order valence-corrected chi connectivity index (χ0v) is 18.6. The summed E-state index contributed by atoms with van der Waals surface area (Å²) < 4.78 is 37.8. The quantitative estimate of drug-likeness (QED) is 0.634. The van der Waals surface area contributed by atoms with Gasteiger partial charge >= 0.3 is 0 Å². The minimum atomic E-state index is -3.68. The summed E-state index contributed by atoms with van der Waals surface area (Å²) >= 11 is 3.32. The summed E-state index contributed by atoms with van der Waals surface area (Å²) in [7, 11) is -0.660. The zero-order valence-electron chi connectivity index (χ0n) is 16.2. The second-order valence-electron chi connectivity index (χ2n) is 5.75. The highest BCUT2D eigenvalue weighted by atomic mass is 79.9. The third-order valence-corrected chi connectivity index (χ3v) is 6.92. The third kappa shape index (κ3) is 4.65. The first kappa shape index (κ1) is 22.2. The number of amides is 1. The van der Waals surface area contributed by atoms with Crippen molar-refractivity contribution in [1.29, 1.82) is 0 Å². The molecule has 0 saturated carbocycles. The molecule has 2 rings (SSSR count). The van der Waals surface area contributed by atoms with Gasteiger partial charge in [-0.05, 0) is 46.3 Å². The van der Waals surface area contributed by atoms with Crippen molar-refractivity contribution in [3.05, 3.63) is 46.4 Å². The van der Waals surface area contributed by atoms with E-state index in [2.05, 4.69) is 21.2 Å². The summed E-state index contributed by atoms with van der Waals surface area (Å²) in [6.45, 7) is 4.23. The molecule has 0 unspecified atom stereocenters. The number of rotatable bonds is 8. The van der Waals surface area contributed by atoms with E-state index >= 15 is 0 Å². The average Bonchev–Trinajstić information content (AvgIpc) is 2.69. The Labute approximate surface area is 173 Å². The van der Waals surface area contributed by atoms with Gasteiger partial charge in [-0.15, -0.1) is 0 Å². The van der Waals surface area contributed by atoms with E-state index in [1.807, 2.05) is 0 Å². The Morgan fingerprint density at radius 1 is 1.07 bits per heavy atom.